The molecule has 1 unspecified atom stereocenters. The smallest absolute Gasteiger partial charge is 0.305 e. The summed E-state index contributed by atoms with van der Waals surface area (Å²) in [5, 5.41) is 8.61. The van der Waals surface area contributed by atoms with Crippen LogP contribution in [-0.2, 0) is 16.0 Å². The van der Waals surface area contributed by atoms with Crippen LogP contribution in [0.1, 0.15) is 31.7 Å². The normalized spacial score (nSPS) is 18.5. The topological polar surface area (TPSA) is 49.8 Å². The van der Waals surface area contributed by atoms with Crippen LogP contribution in [0.15, 0.2) is 30.3 Å². The number of nitrogens with zero attached hydrogens (tertiary/aromatic N) is 1. The Morgan fingerprint density at radius 2 is 2.00 bits per heavy atom. The lowest BCUT2D eigenvalue weighted by Crippen LogP contribution is -2.43. The molecule has 0 amide bonds. The first-order chi connectivity index (χ1) is 10.1. The van der Waals surface area contributed by atoms with E-state index in [0.717, 1.165) is 32.4 Å². The Hall–Kier alpha value is -1.39. The maximum Gasteiger partial charge on any atom is 0.305 e. The highest BCUT2D eigenvalue weighted by Gasteiger charge is 2.23. The van der Waals surface area contributed by atoms with Crippen molar-refractivity contribution in [2.75, 3.05) is 19.7 Å². The molecule has 1 fully saturated rings. The molecular weight excluding hydrogens is 266 g/mol. The number of aliphatic carboxylic acids is 1. The summed E-state index contributed by atoms with van der Waals surface area (Å²) in [4.78, 5) is 13.0. The standard InChI is InChI=1S/C17H25NO3/c1-14(13-15-5-3-2-4-6-15)18-10-7-16(8-11-18)21-12-9-17(19)20/h2-6,14,16H,7-13H2,1H3,(H,19,20). The molecule has 1 aromatic rings. The summed E-state index contributed by atoms with van der Waals surface area (Å²) >= 11 is 0. The van der Waals surface area contributed by atoms with Crippen LogP contribution in [0.25, 0.3) is 0 Å². The zero-order chi connectivity index (χ0) is 15.1. The Kier molecular flexibility index (Phi) is 6.21. The van der Waals surface area contributed by atoms with Gasteiger partial charge < -0.3 is 14.7 Å². The Balaban J connectivity index is 1.69. The number of hydrogen-bond acceptors (Lipinski definition) is 3. The molecule has 116 valence electrons. The molecule has 21 heavy (non-hydrogen) atoms. The summed E-state index contributed by atoms with van der Waals surface area (Å²) in [5.41, 5.74) is 1.38. The van der Waals surface area contributed by atoms with E-state index in [1.165, 1.54) is 5.56 Å². The molecule has 4 heteroatoms. The number of carboxylic acid groups (broad SMARTS) is 1. The van der Waals surface area contributed by atoms with Crippen molar-refractivity contribution in [3.63, 3.8) is 0 Å². The van der Waals surface area contributed by atoms with Crippen molar-refractivity contribution in [2.45, 2.75) is 44.8 Å². The Morgan fingerprint density at radius 1 is 1.33 bits per heavy atom. The van der Waals surface area contributed by atoms with Gasteiger partial charge in [0.25, 0.3) is 0 Å². The summed E-state index contributed by atoms with van der Waals surface area (Å²) < 4.78 is 5.63. The Labute approximate surface area is 126 Å². The first kappa shape index (κ1) is 16.0. The maximum absolute atomic E-state index is 10.5. The number of carbonyl (C=O) groups is 1. The molecule has 0 aromatic heterocycles. The summed E-state index contributed by atoms with van der Waals surface area (Å²) in [6.45, 7) is 4.68. The van der Waals surface area contributed by atoms with Crippen LogP contribution < -0.4 is 0 Å². The van der Waals surface area contributed by atoms with Gasteiger partial charge >= 0.3 is 5.97 Å². The molecule has 1 N–H and O–H groups in total. The van der Waals surface area contributed by atoms with Gasteiger partial charge in [0.05, 0.1) is 19.1 Å². The van der Waals surface area contributed by atoms with Crippen LogP contribution in [0.2, 0.25) is 0 Å². The SMILES string of the molecule is CC(Cc1ccccc1)N1CCC(OCCC(=O)O)CC1. The second kappa shape index (κ2) is 8.15. The van der Waals surface area contributed by atoms with E-state index in [2.05, 4.69) is 36.1 Å². The minimum absolute atomic E-state index is 0.102. The largest absolute Gasteiger partial charge is 0.481 e. The average molecular weight is 291 g/mol. The van der Waals surface area contributed by atoms with Gasteiger partial charge in [0.1, 0.15) is 0 Å². The van der Waals surface area contributed by atoms with Crippen LogP contribution in [0.4, 0.5) is 0 Å². The number of ether oxygens (including phenoxy) is 1. The van der Waals surface area contributed by atoms with Gasteiger partial charge in [0, 0.05) is 19.1 Å². The van der Waals surface area contributed by atoms with E-state index < -0.39 is 5.97 Å². The molecule has 0 radical (unpaired) electrons. The highest BCUT2D eigenvalue weighted by molar-refractivity contribution is 5.66. The van der Waals surface area contributed by atoms with E-state index >= 15 is 0 Å². The second-order valence-corrected chi connectivity index (χ2v) is 5.79. The molecule has 1 saturated heterocycles. The maximum atomic E-state index is 10.5. The zero-order valence-electron chi connectivity index (χ0n) is 12.7. The molecule has 1 atom stereocenters. The fraction of sp³-hybridized carbons (Fsp3) is 0.588. The molecule has 2 rings (SSSR count). The molecule has 0 spiro atoms. The third kappa shape index (κ3) is 5.48. The average Bonchev–Trinajstić information content (AvgIpc) is 2.48. The van der Waals surface area contributed by atoms with Crippen molar-refractivity contribution in [3.05, 3.63) is 35.9 Å². The lowest BCUT2D eigenvalue weighted by Gasteiger charge is -2.36. The fourth-order valence-corrected chi connectivity index (χ4v) is 2.88. The molecule has 0 saturated carbocycles. The lowest BCUT2D eigenvalue weighted by atomic mass is 10.0. The Bertz CT molecular complexity index is 427. The molecule has 1 aromatic carbocycles. The molecule has 1 aliphatic rings. The zero-order valence-corrected chi connectivity index (χ0v) is 12.7. The third-order valence-electron chi connectivity index (χ3n) is 4.14. The molecule has 0 aliphatic carbocycles. The van der Waals surface area contributed by atoms with Gasteiger partial charge in [-0.05, 0) is 31.7 Å². The first-order valence-corrected chi connectivity index (χ1v) is 7.76. The highest BCUT2D eigenvalue weighted by atomic mass is 16.5. The van der Waals surface area contributed by atoms with Gasteiger partial charge in [0.2, 0.25) is 0 Å². The summed E-state index contributed by atoms with van der Waals surface area (Å²) in [5.74, 6) is -0.788. The molecule has 0 bridgehead atoms. The molecular formula is C17H25NO3. The quantitative estimate of drug-likeness (QED) is 0.839. The van der Waals surface area contributed by atoms with Crippen molar-refractivity contribution in [1.82, 2.24) is 4.90 Å². The van der Waals surface area contributed by atoms with Gasteiger partial charge in [0.15, 0.2) is 0 Å². The van der Waals surface area contributed by atoms with Gasteiger partial charge in [-0.3, -0.25) is 4.79 Å². The molecule has 1 heterocycles. The minimum atomic E-state index is -0.788. The summed E-state index contributed by atoms with van der Waals surface area (Å²) in [6, 6.07) is 11.1. The number of piperidine rings is 1. The van der Waals surface area contributed by atoms with Crippen LogP contribution in [0.5, 0.6) is 0 Å². The summed E-state index contributed by atoms with van der Waals surface area (Å²) in [7, 11) is 0. The molecule has 1 aliphatic heterocycles. The van der Waals surface area contributed by atoms with E-state index in [0.29, 0.717) is 12.6 Å². The predicted octanol–water partition coefficient (Wildman–Crippen LogP) is 2.57. The van der Waals surface area contributed by atoms with Crippen molar-refractivity contribution >= 4 is 5.97 Å². The Morgan fingerprint density at radius 3 is 2.62 bits per heavy atom. The predicted molar refractivity (Wildman–Crippen MR) is 82.4 cm³/mol. The van der Waals surface area contributed by atoms with E-state index in [1.807, 2.05) is 6.07 Å². The van der Waals surface area contributed by atoms with Crippen molar-refractivity contribution in [3.8, 4) is 0 Å². The van der Waals surface area contributed by atoms with Crippen LogP contribution in [0.3, 0.4) is 0 Å². The minimum Gasteiger partial charge on any atom is -0.481 e. The molecule has 4 nitrogen and oxygen atoms in total. The number of rotatable bonds is 7. The van der Waals surface area contributed by atoms with E-state index in [9.17, 15) is 4.79 Å². The monoisotopic (exact) mass is 291 g/mol. The van der Waals surface area contributed by atoms with Crippen molar-refractivity contribution in [2.24, 2.45) is 0 Å². The third-order valence-corrected chi connectivity index (χ3v) is 4.14. The number of carboxylic acids is 1. The lowest BCUT2D eigenvalue weighted by molar-refractivity contribution is -0.138. The number of hydrogen-bond donors (Lipinski definition) is 1. The van der Waals surface area contributed by atoms with E-state index in [1.54, 1.807) is 0 Å². The van der Waals surface area contributed by atoms with Crippen molar-refractivity contribution < 1.29 is 14.6 Å². The van der Waals surface area contributed by atoms with Crippen LogP contribution in [-0.4, -0.2) is 47.8 Å². The van der Waals surface area contributed by atoms with Crippen LogP contribution >= 0.6 is 0 Å². The van der Waals surface area contributed by atoms with Gasteiger partial charge in [-0.25, -0.2) is 0 Å². The van der Waals surface area contributed by atoms with Gasteiger partial charge in [-0.2, -0.15) is 0 Å². The first-order valence-electron chi connectivity index (χ1n) is 7.76. The fourth-order valence-electron chi connectivity index (χ4n) is 2.88. The number of likely N-dealkylation sites (tertiary alicyclic amines) is 1. The van der Waals surface area contributed by atoms with E-state index in [-0.39, 0.29) is 12.5 Å². The van der Waals surface area contributed by atoms with E-state index in [4.69, 9.17) is 9.84 Å². The van der Waals surface area contributed by atoms with Gasteiger partial charge in [-0.15, -0.1) is 0 Å². The van der Waals surface area contributed by atoms with Crippen molar-refractivity contribution in [1.29, 1.82) is 0 Å². The second-order valence-electron chi connectivity index (χ2n) is 5.79. The summed E-state index contributed by atoms with van der Waals surface area (Å²) in [6.07, 6.45) is 3.40. The highest BCUT2D eigenvalue weighted by Crippen LogP contribution is 2.18. The van der Waals surface area contributed by atoms with Gasteiger partial charge in [-0.1, -0.05) is 30.3 Å². The van der Waals surface area contributed by atoms with Crippen LogP contribution in [0, 0.1) is 0 Å². The number of benzene rings is 1.